The predicted octanol–water partition coefficient (Wildman–Crippen LogP) is 0.795. The summed E-state index contributed by atoms with van der Waals surface area (Å²) in [6.45, 7) is 6.98. The van der Waals surface area contributed by atoms with Crippen molar-refractivity contribution in [3.8, 4) is 11.8 Å². The van der Waals surface area contributed by atoms with Gasteiger partial charge >= 0.3 is 12.1 Å². The van der Waals surface area contributed by atoms with Gasteiger partial charge in [-0.25, -0.2) is 4.79 Å². The molecule has 1 unspecified atom stereocenters. The van der Waals surface area contributed by atoms with Crippen LogP contribution in [0.15, 0.2) is 0 Å². The van der Waals surface area contributed by atoms with Gasteiger partial charge < -0.3 is 20.5 Å². The SMILES string of the molecule is COC(=O)C(C)(N)CC#CCNC(=O)OC(C)(C)C. The minimum atomic E-state index is -1.15. The minimum Gasteiger partial charge on any atom is -0.468 e. The molecule has 0 aromatic carbocycles. The van der Waals surface area contributed by atoms with Crippen molar-refractivity contribution in [2.45, 2.75) is 45.3 Å². The summed E-state index contributed by atoms with van der Waals surface area (Å²) in [4.78, 5) is 22.5. The Bertz CT molecular complexity index is 386. The molecule has 1 atom stereocenters. The third-order valence-corrected chi connectivity index (χ3v) is 1.95. The van der Waals surface area contributed by atoms with Crippen LogP contribution in [0.4, 0.5) is 4.79 Å². The summed E-state index contributed by atoms with van der Waals surface area (Å²) in [6, 6.07) is 0. The number of carbonyl (C=O) groups excluding carboxylic acids is 2. The molecular weight excluding hydrogens is 248 g/mol. The number of methoxy groups -OCH3 is 1. The predicted molar refractivity (Wildman–Crippen MR) is 71.2 cm³/mol. The molecule has 0 heterocycles. The molecule has 108 valence electrons. The monoisotopic (exact) mass is 270 g/mol. The Morgan fingerprint density at radius 3 is 2.26 bits per heavy atom. The molecule has 0 bridgehead atoms. The molecule has 0 aromatic heterocycles. The fourth-order valence-corrected chi connectivity index (χ4v) is 1.04. The maximum Gasteiger partial charge on any atom is 0.408 e. The van der Waals surface area contributed by atoms with Gasteiger partial charge in [0.1, 0.15) is 11.1 Å². The Morgan fingerprint density at radius 1 is 1.21 bits per heavy atom. The smallest absolute Gasteiger partial charge is 0.408 e. The minimum absolute atomic E-state index is 0.131. The average molecular weight is 270 g/mol. The molecule has 0 aromatic rings. The van der Waals surface area contributed by atoms with Crippen molar-refractivity contribution in [3.05, 3.63) is 0 Å². The Kier molecular flexibility index (Phi) is 6.36. The average Bonchev–Trinajstić information content (AvgIpc) is 2.24. The van der Waals surface area contributed by atoms with Gasteiger partial charge in [0, 0.05) is 6.42 Å². The second-order valence-corrected chi connectivity index (χ2v) is 5.29. The number of hydrogen-bond acceptors (Lipinski definition) is 5. The van der Waals surface area contributed by atoms with Crippen molar-refractivity contribution in [1.29, 1.82) is 0 Å². The number of hydrogen-bond donors (Lipinski definition) is 2. The summed E-state index contributed by atoms with van der Waals surface area (Å²) in [5.41, 5.74) is 4.02. The van der Waals surface area contributed by atoms with Crippen molar-refractivity contribution in [3.63, 3.8) is 0 Å². The van der Waals surface area contributed by atoms with Gasteiger partial charge in [0.25, 0.3) is 0 Å². The lowest BCUT2D eigenvalue weighted by atomic mass is 10.0. The summed E-state index contributed by atoms with van der Waals surface area (Å²) in [5, 5.41) is 2.48. The number of esters is 1. The van der Waals surface area contributed by atoms with Crippen molar-refractivity contribution in [1.82, 2.24) is 5.32 Å². The number of nitrogens with two attached hydrogens (primary N) is 1. The van der Waals surface area contributed by atoms with Gasteiger partial charge in [-0.15, -0.1) is 0 Å². The first-order chi connectivity index (χ1) is 8.58. The topological polar surface area (TPSA) is 90.6 Å². The van der Waals surface area contributed by atoms with E-state index < -0.39 is 23.2 Å². The van der Waals surface area contributed by atoms with Crippen LogP contribution in [0.1, 0.15) is 34.1 Å². The van der Waals surface area contributed by atoms with E-state index in [2.05, 4.69) is 21.9 Å². The molecule has 6 heteroatoms. The molecule has 19 heavy (non-hydrogen) atoms. The van der Waals surface area contributed by atoms with E-state index in [9.17, 15) is 9.59 Å². The zero-order valence-electron chi connectivity index (χ0n) is 12.1. The quantitative estimate of drug-likeness (QED) is 0.584. The normalized spacial score (nSPS) is 13.6. The number of carbonyl (C=O) groups is 2. The molecule has 0 fully saturated rings. The highest BCUT2D eigenvalue weighted by atomic mass is 16.6. The molecule has 0 aliphatic rings. The van der Waals surface area contributed by atoms with E-state index in [4.69, 9.17) is 10.5 Å². The Balaban J connectivity index is 4.08. The molecule has 1 amide bonds. The molecule has 0 aliphatic carbocycles. The van der Waals surface area contributed by atoms with Crippen molar-refractivity contribution in [2.75, 3.05) is 13.7 Å². The van der Waals surface area contributed by atoms with E-state index in [0.29, 0.717) is 0 Å². The maximum atomic E-state index is 11.3. The second kappa shape index (κ2) is 7.00. The van der Waals surface area contributed by atoms with E-state index in [1.165, 1.54) is 14.0 Å². The molecule has 0 saturated carbocycles. The molecule has 6 nitrogen and oxygen atoms in total. The number of ether oxygens (including phenoxy) is 2. The van der Waals surface area contributed by atoms with E-state index in [-0.39, 0.29) is 13.0 Å². The zero-order valence-corrected chi connectivity index (χ0v) is 12.1. The van der Waals surface area contributed by atoms with Gasteiger partial charge in [-0.1, -0.05) is 11.8 Å². The van der Waals surface area contributed by atoms with Crippen LogP contribution in [0, 0.1) is 11.8 Å². The number of rotatable bonds is 3. The van der Waals surface area contributed by atoms with Crippen molar-refractivity contribution < 1.29 is 19.1 Å². The molecule has 0 saturated heterocycles. The molecule has 3 N–H and O–H groups in total. The summed E-state index contributed by atoms with van der Waals surface area (Å²) < 4.78 is 9.57. The van der Waals surface area contributed by atoms with Crippen molar-refractivity contribution in [2.24, 2.45) is 5.73 Å². The number of nitrogens with one attached hydrogen (secondary N) is 1. The molecule has 0 rings (SSSR count). The highest BCUT2D eigenvalue weighted by molar-refractivity contribution is 5.80. The molecule has 0 aliphatic heterocycles. The third-order valence-electron chi connectivity index (χ3n) is 1.95. The first-order valence-corrected chi connectivity index (χ1v) is 5.88. The van der Waals surface area contributed by atoms with Gasteiger partial charge in [-0.05, 0) is 27.7 Å². The van der Waals surface area contributed by atoms with Gasteiger partial charge in [0.15, 0.2) is 0 Å². The van der Waals surface area contributed by atoms with Crippen LogP contribution in [0.2, 0.25) is 0 Å². The highest BCUT2D eigenvalue weighted by Gasteiger charge is 2.28. The zero-order chi connectivity index (χ0) is 15.1. The maximum absolute atomic E-state index is 11.3. The summed E-state index contributed by atoms with van der Waals surface area (Å²) >= 11 is 0. The van der Waals surface area contributed by atoms with Crippen LogP contribution < -0.4 is 11.1 Å². The van der Waals surface area contributed by atoms with Crippen LogP contribution in [-0.4, -0.2) is 36.9 Å². The van der Waals surface area contributed by atoms with Gasteiger partial charge in [0.05, 0.1) is 13.7 Å². The Labute approximate surface area is 114 Å². The standard InChI is InChI=1S/C13H22N2O4/c1-12(2,3)19-11(17)15-9-7-6-8-13(4,14)10(16)18-5/h8-9,14H2,1-5H3,(H,15,17). The molecular formula is C13H22N2O4. The summed E-state index contributed by atoms with van der Waals surface area (Å²) in [7, 11) is 1.27. The third kappa shape index (κ3) is 8.06. The Hall–Kier alpha value is -1.74. The lowest BCUT2D eigenvalue weighted by Crippen LogP contribution is -2.45. The summed E-state index contributed by atoms with van der Waals surface area (Å²) in [6.07, 6.45) is -0.388. The van der Waals surface area contributed by atoms with Crippen LogP contribution in [-0.2, 0) is 14.3 Å². The second-order valence-electron chi connectivity index (χ2n) is 5.29. The fraction of sp³-hybridized carbons (Fsp3) is 0.692. The van der Waals surface area contributed by atoms with Crippen molar-refractivity contribution >= 4 is 12.1 Å². The fourth-order valence-electron chi connectivity index (χ4n) is 1.04. The largest absolute Gasteiger partial charge is 0.468 e. The number of amides is 1. The molecule has 0 radical (unpaired) electrons. The van der Waals surface area contributed by atoms with Crippen LogP contribution in [0.3, 0.4) is 0 Å². The van der Waals surface area contributed by atoms with E-state index >= 15 is 0 Å². The van der Waals surface area contributed by atoms with Crippen LogP contribution in [0.5, 0.6) is 0 Å². The lowest BCUT2D eigenvalue weighted by Gasteiger charge is -2.19. The van der Waals surface area contributed by atoms with Crippen LogP contribution >= 0.6 is 0 Å². The van der Waals surface area contributed by atoms with Crippen LogP contribution in [0.25, 0.3) is 0 Å². The lowest BCUT2D eigenvalue weighted by molar-refractivity contribution is -0.146. The van der Waals surface area contributed by atoms with E-state index in [1.807, 2.05) is 0 Å². The number of alkyl carbamates (subject to hydrolysis) is 1. The van der Waals surface area contributed by atoms with Gasteiger partial charge in [-0.3, -0.25) is 4.79 Å². The Morgan fingerprint density at radius 2 is 1.79 bits per heavy atom. The van der Waals surface area contributed by atoms with E-state index in [0.717, 1.165) is 0 Å². The highest BCUT2D eigenvalue weighted by Crippen LogP contribution is 2.07. The summed E-state index contributed by atoms with van der Waals surface area (Å²) in [5.74, 6) is 4.87. The van der Waals surface area contributed by atoms with Gasteiger partial charge in [0.2, 0.25) is 0 Å². The molecule has 0 spiro atoms. The first kappa shape index (κ1) is 17.3. The van der Waals surface area contributed by atoms with E-state index in [1.54, 1.807) is 20.8 Å². The van der Waals surface area contributed by atoms with Gasteiger partial charge in [-0.2, -0.15) is 0 Å². The first-order valence-electron chi connectivity index (χ1n) is 5.88.